The summed E-state index contributed by atoms with van der Waals surface area (Å²) in [4.78, 5) is 2.08. The van der Waals surface area contributed by atoms with Crippen LogP contribution in [-0.2, 0) is 0 Å². The summed E-state index contributed by atoms with van der Waals surface area (Å²) in [7, 11) is 0. The molecule has 0 heterocycles. The number of likely N-dealkylation sites (N-methyl/N-ethyl adjacent to an activating group) is 1. The van der Waals surface area contributed by atoms with Crippen molar-refractivity contribution in [2.45, 2.75) is 6.92 Å². The number of nitrogen functional groups attached to an aromatic ring is 1. The van der Waals surface area contributed by atoms with E-state index in [1.165, 1.54) is 0 Å². The molecule has 3 nitrogen and oxygen atoms in total. The molecule has 0 atom stereocenters. The Morgan fingerprint density at radius 2 is 1.87 bits per heavy atom. The molecule has 0 radical (unpaired) electrons. The molecular weight excluding hydrogens is 324 g/mol. The van der Waals surface area contributed by atoms with Crippen LogP contribution in [0, 0.1) is 0 Å². The molecule has 0 aliphatic heterocycles. The van der Waals surface area contributed by atoms with Crippen LogP contribution in [0.5, 0.6) is 0 Å². The van der Waals surface area contributed by atoms with Gasteiger partial charge >= 0.3 is 0 Å². The highest BCUT2D eigenvalue weighted by atomic mass is 79.9. The first-order valence-corrected chi connectivity index (χ1v) is 6.29. The summed E-state index contributed by atoms with van der Waals surface area (Å²) in [5.41, 5.74) is 7.45. The number of aliphatic hydroxyl groups is 1. The Kier molecular flexibility index (Phi) is 4.89. The average molecular weight is 338 g/mol. The predicted octanol–water partition coefficient (Wildman–Crippen LogP) is 2.61. The van der Waals surface area contributed by atoms with E-state index in [9.17, 15) is 0 Å². The molecule has 0 unspecified atom stereocenters. The van der Waals surface area contributed by atoms with Gasteiger partial charge in [-0.1, -0.05) is 0 Å². The highest BCUT2D eigenvalue weighted by Gasteiger charge is 2.12. The van der Waals surface area contributed by atoms with Crippen LogP contribution in [0.4, 0.5) is 11.4 Å². The van der Waals surface area contributed by atoms with Crippen molar-refractivity contribution in [3.05, 3.63) is 21.1 Å². The molecule has 0 bridgehead atoms. The van der Waals surface area contributed by atoms with Crippen LogP contribution in [-0.4, -0.2) is 24.8 Å². The summed E-state index contributed by atoms with van der Waals surface area (Å²) in [6.45, 7) is 3.63. The second-order valence-corrected chi connectivity index (χ2v) is 4.85. The van der Waals surface area contributed by atoms with E-state index in [0.29, 0.717) is 12.2 Å². The molecule has 0 amide bonds. The molecule has 5 heteroatoms. The Morgan fingerprint density at radius 3 is 2.27 bits per heavy atom. The summed E-state index contributed by atoms with van der Waals surface area (Å²) in [5.74, 6) is 0. The van der Waals surface area contributed by atoms with Gasteiger partial charge < -0.3 is 15.7 Å². The number of rotatable bonds is 4. The maximum atomic E-state index is 8.97. The van der Waals surface area contributed by atoms with E-state index in [2.05, 4.69) is 36.8 Å². The van der Waals surface area contributed by atoms with E-state index < -0.39 is 0 Å². The first-order chi connectivity index (χ1) is 7.10. The van der Waals surface area contributed by atoms with Crippen molar-refractivity contribution >= 4 is 43.2 Å². The Bertz CT molecular complexity index is 321. The van der Waals surface area contributed by atoms with Crippen molar-refractivity contribution in [1.29, 1.82) is 0 Å². The van der Waals surface area contributed by atoms with E-state index in [-0.39, 0.29) is 6.61 Å². The predicted molar refractivity (Wildman–Crippen MR) is 71.2 cm³/mol. The van der Waals surface area contributed by atoms with Gasteiger partial charge in [0.05, 0.1) is 12.3 Å². The molecule has 0 saturated carbocycles. The van der Waals surface area contributed by atoms with Crippen LogP contribution >= 0.6 is 31.9 Å². The smallest absolute Gasteiger partial charge is 0.0657 e. The van der Waals surface area contributed by atoms with Crippen molar-refractivity contribution in [3.63, 3.8) is 0 Å². The first-order valence-electron chi connectivity index (χ1n) is 4.70. The molecule has 1 aromatic carbocycles. The fraction of sp³-hybridized carbons (Fsp3) is 0.400. The summed E-state index contributed by atoms with van der Waals surface area (Å²) in [5, 5.41) is 8.97. The lowest BCUT2D eigenvalue weighted by Crippen LogP contribution is -2.26. The zero-order chi connectivity index (χ0) is 11.4. The molecule has 0 aliphatic rings. The second kappa shape index (κ2) is 5.72. The minimum absolute atomic E-state index is 0.136. The van der Waals surface area contributed by atoms with Crippen molar-refractivity contribution in [3.8, 4) is 0 Å². The van der Waals surface area contributed by atoms with Gasteiger partial charge in [-0.25, -0.2) is 0 Å². The van der Waals surface area contributed by atoms with Gasteiger partial charge in [-0.2, -0.15) is 0 Å². The molecule has 3 N–H and O–H groups in total. The van der Waals surface area contributed by atoms with Crippen molar-refractivity contribution < 1.29 is 5.11 Å². The quantitative estimate of drug-likeness (QED) is 0.830. The lowest BCUT2D eigenvalue weighted by Gasteiger charge is -2.24. The largest absolute Gasteiger partial charge is 0.399 e. The van der Waals surface area contributed by atoms with Crippen LogP contribution in [0.2, 0.25) is 0 Å². The minimum Gasteiger partial charge on any atom is -0.399 e. The van der Waals surface area contributed by atoms with Crippen LogP contribution in [0.15, 0.2) is 21.1 Å². The average Bonchev–Trinajstić information content (AvgIpc) is 2.14. The monoisotopic (exact) mass is 336 g/mol. The van der Waals surface area contributed by atoms with Crippen LogP contribution < -0.4 is 10.6 Å². The molecule has 0 spiro atoms. The number of nitrogens with zero attached hydrogens (tertiary/aromatic N) is 1. The highest BCUT2D eigenvalue weighted by molar-refractivity contribution is 9.11. The third-order valence-corrected chi connectivity index (χ3v) is 3.32. The Balaban J connectivity index is 3.11. The van der Waals surface area contributed by atoms with E-state index in [0.717, 1.165) is 21.2 Å². The maximum Gasteiger partial charge on any atom is 0.0657 e. The molecule has 1 rings (SSSR count). The normalized spacial score (nSPS) is 10.4. The first kappa shape index (κ1) is 12.8. The number of benzene rings is 1. The summed E-state index contributed by atoms with van der Waals surface area (Å²) in [6, 6.07) is 3.72. The van der Waals surface area contributed by atoms with E-state index >= 15 is 0 Å². The molecular formula is C10H14Br2N2O. The molecule has 0 aromatic heterocycles. The Morgan fingerprint density at radius 1 is 1.33 bits per heavy atom. The van der Waals surface area contributed by atoms with Crippen molar-refractivity contribution in [1.82, 2.24) is 0 Å². The number of aliphatic hydroxyl groups excluding tert-OH is 1. The van der Waals surface area contributed by atoms with Gasteiger partial charge in [0.2, 0.25) is 0 Å². The molecule has 84 valence electrons. The van der Waals surface area contributed by atoms with Crippen LogP contribution in [0.3, 0.4) is 0 Å². The van der Waals surface area contributed by atoms with E-state index in [4.69, 9.17) is 10.8 Å². The topological polar surface area (TPSA) is 49.5 Å². The lowest BCUT2D eigenvalue weighted by molar-refractivity contribution is 0.302. The summed E-state index contributed by atoms with van der Waals surface area (Å²) in [6.07, 6.45) is 0. The molecule has 0 fully saturated rings. The SMILES string of the molecule is CCN(CCO)c1c(Br)cc(N)cc1Br. The maximum absolute atomic E-state index is 8.97. The summed E-state index contributed by atoms with van der Waals surface area (Å²) >= 11 is 6.95. The number of hydrogen-bond donors (Lipinski definition) is 2. The number of hydrogen-bond acceptors (Lipinski definition) is 3. The van der Waals surface area contributed by atoms with E-state index in [1.807, 2.05) is 19.1 Å². The number of halogens is 2. The third kappa shape index (κ3) is 3.09. The van der Waals surface area contributed by atoms with Crippen molar-refractivity contribution in [2.75, 3.05) is 30.3 Å². The van der Waals surface area contributed by atoms with Gasteiger partial charge in [0.15, 0.2) is 0 Å². The van der Waals surface area contributed by atoms with Gasteiger partial charge in [-0.3, -0.25) is 0 Å². The highest BCUT2D eigenvalue weighted by Crippen LogP contribution is 2.36. The fourth-order valence-electron chi connectivity index (χ4n) is 1.44. The fourth-order valence-corrected chi connectivity index (χ4v) is 3.16. The Hall–Kier alpha value is -0.260. The molecule has 1 aromatic rings. The van der Waals surface area contributed by atoms with E-state index in [1.54, 1.807) is 0 Å². The van der Waals surface area contributed by atoms with Gasteiger partial charge in [-0.05, 0) is 50.9 Å². The van der Waals surface area contributed by atoms with Gasteiger partial charge in [0.25, 0.3) is 0 Å². The second-order valence-electron chi connectivity index (χ2n) is 3.14. The number of anilines is 2. The molecule has 0 aliphatic carbocycles. The van der Waals surface area contributed by atoms with Gasteiger partial charge in [0, 0.05) is 27.7 Å². The summed E-state index contributed by atoms with van der Waals surface area (Å²) < 4.78 is 1.87. The van der Waals surface area contributed by atoms with Gasteiger partial charge in [-0.15, -0.1) is 0 Å². The van der Waals surface area contributed by atoms with Crippen LogP contribution in [0.25, 0.3) is 0 Å². The van der Waals surface area contributed by atoms with Crippen molar-refractivity contribution in [2.24, 2.45) is 0 Å². The van der Waals surface area contributed by atoms with Gasteiger partial charge in [0.1, 0.15) is 0 Å². The Labute approximate surface area is 107 Å². The zero-order valence-electron chi connectivity index (χ0n) is 8.50. The van der Waals surface area contributed by atoms with Crippen LogP contribution in [0.1, 0.15) is 6.92 Å². The zero-order valence-corrected chi connectivity index (χ0v) is 11.7. The minimum atomic E-state index is 0.136. The number of nitrogens with two attached hydrogens (primary N) is 1. The standard InChI is InChI=1S/C10H14Br2N2O/c1-2-14(3-4-15)10-8(11)5-7(13)6-9(10)12/h5-6,15H,2-4,13H2,1H3. The molecule has 0 saturated heterocycles. The lowest BCUT2D eigenvalue weighted by atomic mass is 10.2. The molecule has 15 heavy (non-hydrogen) atoms. The third-order valence-electron chi connectivity index (χ3n) is 2.11.